The fraction of sp³-hybridized carbons (Fsp3) is 0.158. The summed E-state index contributed by atoms with van der Waals surface area (Å²) in [6.07, 6.45) is -4.51. The number of aliphatic hydroxyl groups excluding tert-OH is 1. The summed E-state index contributed by atoms with van der Waals surface area (Å²) in [5.74, 6) is -1.41. The van der Waals surface area contributed by atoms with Crippen molar-refractivity contribution in [3.8, 4) is 0 Å². The standard InChI is InChI=1S/C19H16F3NO3/c1-2-26-18(25)15(17(24)13-6-4-3-5-7-13)16(23)12-8-10-14(11-9-12)19(20,21)22/h3-11,23-24H,2H2,1H3/b17-15+,23-16?. The summed E-state index contributed by atoms with van der Waals surface area (Å²) in [7, 11) is 0. The van der Waals surface area contributed by atoms with Gasteiger partial charge in [0.05, 0.1) is 17.9 Å². The lowest BCUT2D eigenvalue weighted by atomic mass is 9.97. The molecule has 0 unspecified atom stereocenters. The van der Waals surface area contributed by atoms with E-state index in [0.29, 0.717) is 0 Å². The molecule has 0 fully saturated rings. The number of aliphatic hydroxyl groups is 1. The van der Waals surface area contributed by atoms with Crippen molar-refractivity contribution < 1.29 is 27.8 Å². The third-order valence-electron chi connectivity index (χ3n) is 3.51. The molecule has 0 radical (unpaired) electrons. The fourth-order valence-electron chi connectivity index (χ4n) is 2.23. The summed E-state index contributed by atoms with van der Waals surface area (Å²) in [6.45, 7) is 1.58. The van der Waals surface area contributed by atoms with Crippen molar-refractivity contribution in [1.29, 1.82) is 5.41 Å². The molecule has 2 N–H and O–H groups in total. The molecule has 0 heterocycles. The average molecular weight is 363 g/mol. The summed E-state index contributed by atoms with van der Waals surface area (Å²) >= 11 is 0. The van der Waals surface area contributed by atoms with Crippen LogP contribution < -0.4 is 0 Å². The first kappa shape index (κ1) is 19.2. The van der Waals surface area contributed by atoms with Crippen molar-refractivity contribution in [3.63, 3.8) is 0 Å². The van der Waals surface area contributed by atoms with Gasteiger partial charge in [0.15, 0.2) is 0 Å². The van der Waals surface area contributed by atoms with Gasteiger partial charge in [0.25, 0.3) is 0 Å². The lowest BCUT2D eigenvalue weighted by Gasteiger charge is -2.13. The number of nitrogens with one attached hydrogen (secondary N) is 1. The normalized spacial score (nSPS) is 12.3. The maximum absolute atomic E-state index is 12.7. The first-order valence-electron chi connectivity index (χ1n) is 7.68. The SMILES string of the molecule is CCOC(=O)/C(C(=N)c1ccc(C(F)(F)F)cc1)=C(/O)c1ccccc1. The van der Waals surface area contributed by atoms with Crippen LogP contribution in [0.15, 0.2) is 60.2 Å². The average Bonchev–Trinajstić information content (AvgIpc) is 2.62. The van der Waals surface area contributed by atoms with Crippen molar-refractivity contribution >= 4 is 17.4 Å². The van der Waals surface area contributed by atoms with E-state index in [4.69, 9.17) is 10.1 Å². The van der Waals surface area contributed by atoms with E-state index in [1.165, 1.54) is 12.1 Å². The van der Waals surface area contributed by atoms with Gasteiger partial charge in [-0.05, 0) is 19.1 Å². The van der Waals surface area contributed by atoms with Gasteiger partial charge in [-0.2, -0.15) is 13.2 Å². The molecule has 2 aromatic carbocycles. The van der Waals surface area contributed by atoms with Gasteiger partial charge < -0.3 is 9.84 Å². The van der Waals surface area contributed by atoms with E-state index in [1.807, 2.05) is 0 Å². The fourth-order valence-corrected chi connectivity index (χ4v) is 2.23. The zero-order chi connectivity index (χ0) is 19.3. The van der Waals surface area contributed by atoms with Crippen molar-refractivity contribution in [3.05, 3.63) is 76.9 Å². The van der Waals surface area contributed by atoms with Crippen LogP contribution in [0.25, 0.3) is 5.76 Å². The molecule has 0 aliphatic carbocycles. The van der Waals surface area contributed by atoms with Crippen LogP contribution in [0.5, 0.6) is 0 Å². The van der Waals surface area contributed by atoms with Crippen LogP contribution in [0.1, 0.15) is 23.6 Å². The van der Waals surface area contributed by atoms with Gasteiger partial charge in [-0.3, -0.25) is 5.41 Å². The number of carbonyl (C=O) groups is 1. The number of alkyl halides is 3. The molecule has 4 nitrogen and oxygen atoms in total. The Balaban J connectivity index is 2.49. The summed E-state index contributed by atoms with van der Waals surface area (Å²) in [6, 6.07) is 11.8. The van der Waals surface area contributed by atoms with Crippen LogP contribution in [0.3, 0.4) is 0 Å². The van der Waals surface area contributed by atoms with Crippen LogP contribution in [0, 0.1) is 5.41 Å². The smallest absolute Gasteiger partial charge is 0.416 e. The van der Waals surface area contributed by atoms with E-state index in [0.717, 1.165) is 24.3 Å². The number of benzene rings is 2. The summed E-state index contributed by atoms with van der Waals surface area (Å²) < 4.78 is 42.9. The van der Waals surface area contributed by atoms with Crippen molar-refractivity contribution in [2.45, 2.75) is 13.1 Å². The minimum absolute atomic E-state index is 0.0185. The van der Waals surface area contributed by atoms with Gasteiger partial charge in [0, 0.05) is 11.1 Å². The molecule has 2 aromatic rings. The van der Waals surface area contributed by atoms with E-state index in [-0.39, 0.29) is 17.7 Å². The van der Waals surface area contributed by atoms with E-state index >= 15 is 0 Å². The van der Waals surface area contributed by atoms with E-state index < -0.39 is 34.8 Å². The van der Waals surface area contributed by atoms with Crippen LogP contribution in [-0.4, -0.2) is 23.4 Å². The summed E-state index contributed by atoms with van der Waals surface area (Å²) in [4.78, 5) is 12.2. The maximum atomic E-state index is 12.7. The number of hydrogen-bond acceptors (Lipinski definition) is 4. The number of ether oxygens (including phenoxy) is 1. The summed E-state index contributed by atoms with van der Waals surface area (Å²) in [5, 5.41) is 18.7. The van der Waals surface area contributed by atoms with E-state index in [2.05, 4.69) is 0 Å². The molecule has 0 aliphatic rings. The molecule has 0 aromatic heterocycles. The molecule has 0 amide bonds. The zero-order valence-corrected chi connectivity index (χ0v) is 13.8. The van der Waals surface area contributed by atoms with Crippen molar-refractivity contribution in [2.24, 2.45) is 0 Å². The molecule has 2 rings (SSSR count). The third-order valence-corrected chi connectivity index (χ3v) is 3.51. The van der Waals surface area contributed by atoms with Gasteiger partial charge in [-0.25, -0.2) is 4.79 Å². The van der Waals surface area contributed by atoms with Crippen LogP contribution in [-0.2, 0) is 15.7 Å². The Labute approximate surface area is 148 Å². The maximum Gasteiger partial charge on any atom is 0.416 e. The van der Waals surface area contributed by atoms with Crippen LogP contribution in [0.4, 0.5) is 13.2 Å². The highest BCUT2D eigenvalue weighted by Gasteiger charge is 2.30. The highest BCUT2D eigenvalue weighted by molar-refractivity contribution is 6.29. The number of esters is 1. The lowest BCUT2D eigenvalue weighted by Crippen LogP contribution is -2.18. The zero-order valence-electron chi connectivity index (χ0n) is 13.8. The second-order valence-electron chi connectivity index (χ2n) is 5.26. The van der Waals surface area contributed by atoms with Gasteiger partial charge in [-0.1, -0.05) is 42.5 Å². The Morgan fingerprint density at radius 1 is 1.04 bits per heavy atom. The van der Waals surface area contributed by atoms with Gasteiger partial charge in [0.2, 0.25) is 0 Å². The predicted octanol–water partition coefficient (Wildman–Crippen LogP) is 4.61. The first-order chi connectivity index (χ1) is 12.3. The molecule has 26 heavy (non-hydrogen) atoms. The molecule has 7 heteroatoms. The van der Waals surface area contributed by atoms with Gasteiger partial charge in [0.1, 0.15) is 11.3 Å². The van der Waals surface area contributed by atoms with E-state index in [9.17, 15) is 23.1 Å². The molecule has 0 saturated carbocycles. The Bertz CT molecular complexity index is 825. The Kier molecular flexibility index (Phi) is 5.82. The molecule has 0 atom stereocenters. The third kappa shape index (κ3) is 4.30. The Hall–Kier alpha value is -3.09. The van der Waals surface area contributed by atoms with Crippen molar-refractivity contribution in [1.82, 2.24) is 0 Å². The molecular weight excluding hydrogens is 347 g/mol. The molecule has 0 aliphatic heterocycles. The Morgan fingerprint density at radius 2 is 1.62 bits per heavy atom. The predicted molar refractivity (Wildman–Crippen MR) is 90.9 cm³/mol. The Morgan fingerprint density at radius 3 is 2.12 bits per heavy atom. The molecule has 136 valence electrons. The van der Waals surface area contributed by atoms with Gasteiger partial charge in [-0.15, -0.1) is 0 Å². The second-order valence-corrected chi connectivity index (χ2v) is 5.26. The number of carbonyl (C=O) groups excluding carboxylic acids is 1. The largest absolute Gasteiger partial charge is 0.506 e. The minimum Gasteiger partial charge on any atom is -0.506 e. The van der Waals surface area contributed by atoms with E-state index in [1.54, 1.807) is 25.1 Å². The molecule has 0 spiro atoms. The minimum atomic E-state index is -4.51. The highest BCUT2D eigenvalue weighted by atomic mass is 19.4. The van der Waals surface area contributed by atoms with Crippen LogP contribution >= 0.6 is 0 Å². The monoisotopic (exact) mass is 363 g/mol. The topological polar surface area (TPSA) is 70.4 Å². The van der Waals surface area contributed by atoms with Crippen LogP contribution in [0.2, 0.25) is 0 Å². The summed E-state index contributed by atoms with van der Waals surface area (Å²) in [5.41, 5.74) is -1.39. The molecular formula is C19H16F3NO3. The number of halogens is 3. The second kappa shape index (κ2) is 7.86. The first-order valence-corrected chi connectivity index (χ1v) is 7.68. The molecule has 0 saturated heterocycles. The number of rotatable bonds is 5. The quantitative estimate of drug-likeness (QED) is 0.353. The number of hydrogen-bond donors (Lipinski definition) is 2. The highest BCUT2D eigenvalue weighted by Crippen LogP contribution is 2.30. The van der Waals surface area contributed by atoms with Gasteiger partial charge >= 0.3 is 12.1 Å². The molecule has 0 bridgehead atoms. The van der Waals surface area contributed by atoms with Crippen molar-refractivity contribution in [2.75, 3.05) is 6.61 Å². The lowest BCUT2D eigenvalue weighted by molar-refractivity contribution is -0.138.